The van der Waals surface area contributed by atoms with Gasteiger partial charge in [0.1, 0.15) is 17.6 Å². The number of nitrogens with zero attached hydrogens (tertiary/aromatic N) is 4. The smallest absolute Gasteiger partial charge is 0.319 e. The molecule has 0 fully saturated rings. The molecule has 0 spiro atoms. The number of hydrogen-bond acceptors (Lipinski definition) is 8. The van der Waals surface area contributed by atoms with E-state index >= 15 is 0 Å². The molecule has 3 aromatic heterocycles. The number of aromatic nitrogens is 4. The van der Waals surface area contributed by atoms with Crippen molar-refractivity contribution < 1.29 is 19.2 Å². The lowest BCUT2D eigenvalue weighted by Crippen LogP contribution is -2.23. The van der Waals surface area contributed by atoms with Crippen molar-refractivity contribution in [1.82, 2.24) is 25.0 Å². The minimum absolute atomic E-state index is 0.139. The Kier molecular flexibility index (Phi) is 7.67. The average molecular weight is 472 g/mol. The van der Waals surface area contributed by atoms with Crippen LogP contribution in [0.25, 0.3) is 11.3 Å². The third-order valence-corrected chi connectivity index (χ3v) is 5.16. The van der Waals surface area contributed by atoms with Crippen LogP contribution >= 0.6 is 0 Å². The van der Waals surface area contributed by atoms with E-state index in [4.69, 9.17) is 4.52 Å². The Morgan fingerprint density at radius 2 is 1.91 bits per heavy atom. The molecule has 9 heteroatoms. The van der Waals surface area contributed by atoms with Gasteiger partial charge in [0.25, 0.3) is 0 Å². The maximum atomic E-state index is 11.1. The first-order valence-corrected chi connectivity index (χ1v) is 11.0. The van der Waals surface area contributed by atoms with Crippen LogP contribution in [0.4, 0.5) is 0 Å². The second-order valence-electron chi connectivity index (χ2n) is 7.82. The van der Waals surface area contributed by atoms with Gasteiger partial charge < -0.3 is 24.3 Å². The van der Waals surface area contributed by atoms with Crippen molar-refractivity contribution in [2.24, 2.45) is 0 Å². The summed E-state index contributed by atoms with van der Waals surface area (Å²) in [6.45, 7) is 2.75. The molecular formula is C26H25N5O4. The predicted molar refractivity (Wildman–Crippen MR) is 128 cm³/mol. The first-order chi connectivity index (χ1) is 17.0. The van der Waals surface area contributed by atoms with Crippen molar-refractivity contribution in [3.05, 3.63) is 89.4 Å². The molecule has 0 bridgehead atoms. The highest BCUT2D eigenvalue weighted by Gasteiger charge is 2.12. The van der Waals surface area contributed by atoms with Crippen molar-refractivity contribution in [2.75, 3.05) is 13.7 Å². The number of hydrogen-bond donors (Lipinski definition) is 2. The number of carbonyl (C=O) groups excluding carboxylic acids is 1. The van der Waals surface area contributed by atoms with Crippen LogP contribution in [0.2, 0.25) is 0 Å². The third kappa shape index (κ3) is 6.41. The van der Waals surface area contributed by atoms with Gasteiger partial charge in [-0.3, -0.25) is 9.78 Å². The lowest BCUT2D eigenvalue weighted by molar-refractivity contribution is -0.139. The lowest BCUT2D eigenvalue weighted by Gasteiger charge is -2.07. The van der Waals surface area contributed by atoms with Crippen molar-refractivity contribution in [1.29, 1.82) is 0 Å². The van der Waals surface area contributed by atoms with Crippen LogP contribution in [0.5, 0.6) is 0 Å². The van der Waals surface area contributed by atoms with E-state index < -0.39 is 6.10 Å². The highest BCUT2D eigenvalue weighted by molar-refractivity contribution is 5.71. The van der Waals surface area contributed by atoms with Crippen LogP contribution in [0.3, 0.4) is 0 Å². The lowest BCUT2D eigenvalue weighted by atomic mass is 10.1. The van der Waals surface area contributed by atoms with Gasteiger partial charge in [0.15, 0.2) is 5.76 Å². The maximum Gasteiger partial charge on any atom is 0.319 e. The van der Waals surface area contributed by atoms with E-state index in [0.717, 1.165) is 28.1 Å². The maximum absolute atomic E-state index is 11.1. The quantitative estimate of drug-likeness (QED) is 0.298. The normalized spacial score (nSPS) is 11.5. The number of methoxy groups -OCH3 is 1. The van der Waals surface area contributed by atoms with Gasteiger partial charge in [-0.1, -0.05) is 17.0 Å². The van der Waals surface area contributed by atoms with Crippen LogP contribution in [0.1, 0.15) is 41.4 Å². The van der Waals surface area contributed by atoms with Gasteiger partial charge in [0, 0.05) is 47.9 Å². The van der Waals surface area contributed by atoms with Gasteiger partial charge in [-0.05, 0) is 43.3 Å². The van der Waals surface area contributed by atoms with Crippen LogP contribution in [0, 0.1) is 11.8 Å². The Balaban J connectivity index is 1.35. The Hall–Kier alpha value is -4.26. The molecule has 0 aliphatic carbocycles. The van der Waals surface area contributed by atoms with Crippen molar-refractivity contribution in [2.45, 2.75) is 26.1 Å². The third-order valence-electron chi connectivity index (χ3n) is 5.16. The minimum Gasteiger partial charge on any atom is -0.468 e. The summed E-state index contributed by atoms with van der Waals surface area (Å²) in [4.78, 5) is 19.7. The first kappa shape index (κ1) is 23.9. The van der Waals surface area contributed by atoms with Crippen molar-refractivity contribution in [3.63, 3.8) is 0 Å². The van der Waals surface area contributed by atoms with Gasteiger partial charge in [-0.2, -0.15) is 0 Å². The number of benzene rings is 1. The molecule has 1 aromatic carbocycles. The van der Waals surface area contributed by atoms with Crippen LogP contribution in [-0.2, 0) is 22.6 Å². The fraction of sp³-hybridized carbons (Fsp3) is 0.231. The van der Waals surface area contributed by atoms with Gasteiger partial charge in [-0.25, -0.2) is 4.98 Å². The fourth-order valence-electron chi connectivity index (χ4n) is 3.35. The summed E-state index contributed by atoms with van der Waals surface area (Å²) in [7, 11) is 1.35. The summed E-state index contributed by atoms with van der Waals surface area (Å²) in [5, 5.41) is 16.9. The Labute approximate surface area is 202 Å². The monoisotopic (exact) mass is 471 g/mol. The number of ether oxygens (including phenoxy) is 1. The molecule has 178 valence electrons. The van der Waals surface area contributed by atoms with Crippen LogP contribution in [-0.4, -0.2) is 44.4 Å². The highest BCUT2D eigenvalue weighted by Crippen LogP contribution is 2.22. The van der Waals surface area contributed by atoms with E-state index in [9.17, 15) is 9.90 Å². The van der Waals surface area contributed by atoms with Gasteiger partial charge in [0.05, 0.1) is 25.9 Å². The molecule has 1 unspecified atom stereocenters. The van der Waals surface area contributed by atoms with E-state index in [1.807, 2.05) is 47.0 Å². The largest absolute Gasteiger partial charge is 0.468 e. The molecule has 0 aliphatic rings. The Bertz CT molecular complexity index is 1330. The summed E-state index contributed by atoms with van der Waals surface area (Å²) >= 11 is 0. The number of rotatable bonds is 8. The first-order valence-electron chi connectivity index (χ1n) is 11.0. The summed E-state index contributed by atoms with van der Waals surface area (Å²) in [5.41, 5.74) is 4.09. The average Bonchev–Trinajstić information content (AvgIpc) is 3.54. The molecule has 35 heavy (non-hydrogen) atoms. The van der Waals surface area contributed by atoms with Gasteiger partial charge >= 0.3 is 5.97 Å². The van der Waals surface area contributed by atoms with Crippen LogP contribution < -0.4 is 5.32 Å². The second kappa shape index (κ2) is 11.2. The Morgan fingerprint density at radius 3 is 2.63 bits per heavy atom. The van der Waals surface area contributed by atoms with E-state index in [1.165, 1.54) is 7.11 Å². The zero-order chi connectivity index (χ0) is 24.6. The SMILES string of the molecule is COC(=O)CNCc1ccc(C#Cc2ccc(-c3cc(Cn4ccnc4C(C)O)no3)cc2)cn1. The van der Waals surface area contributed by atoms with E-state index in [-0.39, 0.29) is 12.5 Å². The zero-order valence-electron chi connectivity index (χ0n) is 19.4. The molecule has 0 amide bonds. The molecule has 4 aromatic rings. The number of pyridine rings is 1. The molecule has 0 saturated heterocycles. The predicted octanol–water partition coefficient (Wildman–Crippen LogP) is 2.70. The van der Waals surface area contributed by atoms with E-state index in [0.29, 0.717) is 24.7 Å². The topological polar surface area (TPSA) is 115 Å². The van der Waals surface area contributed by atoms with Gasteiger partial charge in [-0.15, -0.1) is 0 Å². The number of aliphatic hydroxyl groups excluding tert-OH is 1. The molecule has 3 heterocycles. The molecule has 0 aliphatic heterocycles. The number of carbonyl (C=O) groups is 1. The molecule has 9 nitrogen and oxygen atoms in total. The van der Waals surface area contributed by atoms with Crippen LogP contribution in [0.15, 0.2) is 65.6 Å². The molecule has 0 saturated carbocycles. The minimum atomic E-state index is -0.659. The molecular weight excluding hydrogens is 446 g/mol. The zero-order valence-corrected chi connectivity index (χ0v) is 19.4. The molecule has 1 atom stereocenters. The highest BCUT2D eigenvalue weighted by atomic mass is 16.5. The molecule has 2 N–H and O–H groups in total. The van der Waals surface area contributed by atoms with Gasteiger partial charge in [0.2, 0.25) is 0 Å². The second-order valence-corrected chi connectivity index (χ2v) is 7.82. The number of imidazole rings is 1. The van der Waals surface area contributed by atoms with Crippen molar-refractivity contribution in [3.8, 4) is 23.2 Å². The number of aliphatic hydroxyl groups is 1. The standard InChI is InChI=1S/C26H25N5O4/c1-18(32)26-28-11-12-31(26)17-23-13-24(35-30-23)21-8-5-19(6-9-21)3-4-20-7-10-22(29-14-20)15-27-16-25(33)34-2/h5-14,18,27,32H,15-17H2,1-2H3. The Morgan fingerprint density at radius 1 is 1.14 bits per heavy atom. The van der Waals surface area contributed by atoms with E-state index in [2.05, 4.69) is 37.0 Å². The van der Waals surface area contributed by atoms with E-state index in [1.54, 1.807) is 25.5 Å². The number of nitrogens with one attached hydrogen (secondary N) is 1. The molecule has 4 rings (SSSR count). The summed E-state index contributed by atoms with van der Waals surface area (Å²) in [5.74, 6) is 7.15. The molecule has 0 radical (unpaired) electrons. The summed E-state index contributed by atoms with van der Waals surface area (Å²) < 4.78 is 11.9. The fourth-order valence-corrected chi connectivity index (χ4v) is 3.35. The summed E-state index contributed by atoms with van der Waals surface area (Å²) in [6.07, 6.45) is 4.50. The van der Waals surface area contributed by atoms with Crippen molar-refractivity contribution >= 4 is 5.97 Å². The number of esters is 1. The summed E-state index contributed by atoms with van der Waals surface area (Å²) in [6, 6.07) is 13.3.